The topological polar surface area (TPSA) is 15.8 Å². The largest absolute Gasteiger partial charge is 0.368 e. The summed E-state index contributed by atoms with van der Waals surface area (Å²) < 4.78 is 5.60. The fourth-order valence-electron chi connectivity index (χ4n) is 2.87. The van der Waals surface area contributed by atoms with Crippen LogP contribution in [0.4, 0.5) is 0 Å². The first-order valence-corrected chi connectivity index (χ1v) is 6.68. The molecule has 2 aliphatic rings. The average Bonchev–Trinajstić information content (AvgIpc) is 3.06. The smallest absolute Gasteiger partial charge is 0.104 e. The Hall–Kier alpha value is -0.860. The first kappa shape index (κ1) is 11.2. The summed E-state index contributed by atoms with van der Waals surface area (Å²) in [6, 6.07) is 8.86. The van der Waals surface area contributed by atoms with Gasteiger partial charge in [0.25, 0.3) is 0 Å². The van der Waals surface area contributed by atoms with E-state index in [2.05, 4.69) is 36.1 Å². The number of benzene rings is 1. The van der Waals surface area contributed by atoms with Gasteiger partial charge in [-0.2, -0.15) is 0 Å². The summed E-state index contributed by atoms with van der Waals surface area (Å²) in [4.78, 5) is 2.57. The number of hydrogen-bond donors (Lipinski definition) is 0. The maximum atomic E-state index is 5.60. The molecule has 17 heavy (non-hydrogen) atoms. The molecule has 0 saturated carbocycles. The van der Waals surface area contributed by atoms with Crippen LogP contribution in [0.15, 0.2) is 24.3 Å². The monoisotopic (exact) mass is 231 g/mol. The second kappa shape index (κ2) is 4.43. The molecule has 1 aromatic rings. The number of nitrogens with zero attached hydrogens (tertiary/aromatic N) is 1. The van der Waals surface area contributed by atoms with E-state index < -0.39 is 0 Å². The molecule has 92 valence electrons. The predicted octanol–water partition coefficient (Wildman–Crippen LogP) is 2.40. The molecule has 0 bridgehead atoms. The van der Waals surface area contributed by atoms with Gasteiger partial charge in [-0.05, 0) is 38.3 Å². The van der Waals surface area contributed by atoms with E-state index >= 15 is 0 Å². The van der Waals surface area contributed by atoms with Crippen molar-refractivity contribution in [2.24, 2.45) is 0 Å². The molecule has 1 spiro atoms. The van der Waals surface area contributed by atoms with Crippen molar-refractivity contribution in [1.82, 2.24) is 4.90 Å². The van der Waals surface area contributed by atoms with Gasteiger partial charge in [-0.15, -0.1) is 0 Å². The van der Waals surface area contributed by atoms with E-state index in [1.807, 2.05) is 0 Å². The zero-order valence-corrected chi connectivity index (χ0v) is 10.6. The molecule has 0 aliphatic carbocycles. The van der Waals surface area contributed by atoms with E-state index in [1.54, 1.807) is 0 Å². The number of hydrogen-bond acceptors (Lipinski definition) is 2. The highest BCUT2D eigenvalue weighted by atomic mass is 16.6. The van der Waals surface area contributed by atoms with Crippen LogP contribution in [-0.2, 0) is 11.2 Å². The zero-order chi connectivity index (χ0) is 11.7. The van der Waals surface area contributed by atoms with Gasteiger partial charge in [0.2, 0.25) is 0 Å². The lowest BCUT2D eigenvalue weighted by Gasteiger charge is -2.30. The Morgan fingerprint density at radius 1 is 1.41 bits per heavy atom. The van der Waals surface area contributed by atoms with Gasteiger partial charge < -0.3 is 9.64 Å². The van der Waals surface area contributed by atoms with Crippen molar-refractivity contribution < 1.29 is 4.74 Å². The molecule has 2 fully saturated rings. The Balaban J connectivity index is 1.53. The average molecular weight is 231 g/mol. The van der Waals surface area contributed by atoms with Gasteiger partial charge in [0.1, 0.15) is 5.60 Å². The molecule has 2 aliphatic heterocycles. The minimum atomic E-state index is 0.269. The molecule has 2 saturated heterocycles. The van der Waals surface area contributed by atoms with Gasteiger partial charge in [0.15, 0.2) is 0 Å². The van der Waals surface area contributed by atoms with Crippen molar-refractivity contribution in [2.75, 3.05) is 26.2 Å². The first-order valence-electron chi connectivity index (χ1n) is 6.68. The molecular formula is C15H21NO. The van der Waals surface area contributed by atoms with Crippen LogP contribution in [-0.4, -0.2) is 36.7 Å². The van der Waals surface area contributed by atoms with Gasteiger partial charge in [0.05, 0.1) is 6.61 Å². The zero-order valence-electron chi connectivity index (χ0n) is 10.6. The Bertz CT molecular complexity index is 398. The quantitative estimate of drug-likeness (QED) is 0.742. The molecule has 2 heterocycles. The first-order chi connectivity index (χ1) is 8.26. The van der Waals surface area contributed by atoms with Crippen LogP contribution in [0.25, 0.3) is 0 Å². The Morgan fingerprint density at radius 3 is 3.06 bits per heavy atom. The lowest BCUT2D eigenvalue weighted by Crippen LogP contribution is -2.41. The van der Waals surface area contributed by atoms with Gasteiger partial charge >= 0.3 is 0 Å². The molecule has 1 unspecified atom stereocenters. The van der Waals surface area contributed by atoms with Crippen molar-refractivity contribution in [3.8, 4) is 0 Å². The summed E-state index contributed by atoms with van der Waals surface area (Å²) in [7, 11) is 0. The van der Waals surface area contributed by atoms with Crippen LogP contribution in [0.5, 0.6) is 0 Å². The number of rotatable bonds is 3. The second-order valence-electron chi connectivity index (χ2n) is 5.59. The minimum absolute atomic E-state index is 0.269. The highest BCUT2D eigenvalue weighted by Gasteiger charge is 2.47. The Kier molecular flexibility index (Phi) is 2.93. The number of ether oxygens (including phenoxy) is 1. The molecule has 3 rings (SSSR count). The number of epoxide rings is 1. The van der Waals surface area contributed by atoms with Gasteiger partial charge in [0, 0.05) is 13.1 Å². The summed E-state index contributed by atoms with van der Waals surface area (Å²) in [5.74, 6) is 0. The van der Waals surface area contributed by atoms with Crippen LogP contribution < -0.4 is 0 Å². The van der Waals surface area contributed by atoms with Crippen LogP contribution in [0.3, 0.4) is 0 Å². The van der Waals surface area contributed by atoms with Crippen LogP contribution in [0.1, 0.15) is 24.0 Å². The van der Waals surface area contributed by atoms with Gasteiger partial charge in [-0.25, -0.2) is 0 Å². The van der Waals surface area contributed by atoms with Crippen molar-refractivity contribution in [3.05, 3.63) is 35.4 Å². The molecule has 0 N–H and O–H groups in total. The van der Waals surface area contributed by atoms with Crippen LogP contribution >= 0.6 is 0 Å². The normalized spacial score (nSPS) is 28.5. The molecule has 2 nitrogen and oxygen atoms in total. The molecule has 0 aromatic heterocycles. The molecule has 0 amide bonds. The SMILES string of the molecule is Cc1cccc(CCN2CCCC3(CO3)C2)c1. The lowest BCUT2D eigenvalue weighted by molar-refractivity contribution is 0.136. The number of aryl methyl sites for hydroxylation is 1. The Labute approximate surface area is 104 Å². The maximum absolute atomic E-state index is 5.60. The lowest BCUT2D eigenvalue weighted by atomic mass is 9.98. The summed E-state index contributed by atoms with van der Waals surface area (Å²) in [6.45, 7) is 6.73. The van der Waals surface area contributed by atoms with Crippen molar-refractivity contribution in [3.63, 3.8) is 0 Å². The third-order valence-electron chi connectivity index (χ3n) is 3.97. The van der Waals surface area contributed by atoms with Crippen molar-refractivity contribution in [1.29, 1.82) is 0 Å². The van der Waals surface area contributed by atoms with Crippen molar-refractivity contribution >= 4 is 0 Å². The molecule has 0 radical (unpaired) electrons. The molecule has 2 heteroatoms. The standard InChI is InChI=1S/C15H21NO/c1-13-4-2-5-14(10-13)6-9-16-8-3-7-15(11-16)12-17-15/h2,4-5,10H,3,6-9,11-12H2,1H3. The van der Waals surface area contributed by atoms with Crippen LogP contribution in [0.2, 0.25) is 0 Å². The summed E-state index contributed by atoms with van der Waals surface area (Å²) >= 11 is 0. The fraction of sp³-hybridized carbons (Fsp3) is 0.600. The summed E-state index contributed by atoms with van der Waals surface area (Å²) in [5, 5.41) is 0. The Morgan fingerprint density at radius 2 is 2.29 bits per heavy atom. The van der Waals surface area contributed by atoms with E-state index in [1.165, 1.54) is 37.1 Å². The van der Waals surface area contributed by atoms with E-state index in [4.69, 9.17) is 4.74 Å². The van der Waals surface area contributed by atoms with Crippen LogP contribution in [0, 0.1) is 6.92 Å². The fourth-order valence-corrected chi connectivity index (χ4v) is 2.87. The third-order valence-corrected chi connectivity index (χ3v) is 3.97. The highest BCUT2D eigenvalue weighted by molar-refractivity contribution is 5.22. The van der Waals surface area contributed by atoms with E-state index in [0.29, 0.717) is 0 Å². The minimum Gasteiger partial charge on any atom is -0.368 e. The van der Waals surface area contributed by atoms with Gasteiger partial charge in [-0.3, -0.25) is 0 Å². The highest BCUT2D eigenvalue weighted by Crippen LogP contribution is 2.36. The van der Waals surface area contributed by atoms with E-state index in [0.717, 1.165) is 19.6 Å². The van der Waals surface area contributed by atoms with E-state index in [9.17, 15) is 0 Å². The second-order valence-corrected chi connectivity index (χ2v) is 5.59. The summed E-state index contributed by atoms with van der Waals surface area (Å²) in [5.41, 5.74) is 3.09. The number of likely N-dealkylation sites (tertiary alicyclic amines) is 1. The molecule has 1 aromatic carbocycles. The van der Waals surface area contributed by atoms with Crippen molar-refractivity contribution in [2.45, 2.75) is 31.8 Å². The molecule has 1 atom stereocenters. The molecular weight excluding hydrogens is 210 g/mol. The van der Waals surface area contributed by atoms with Gasteiger partial charge in [-0.1, -0.05) is 29.8 Å². The third kappa shape index (κ3) is 2.70. The van der Waals surface area contributed by atoms with E-state index in [-0.39, 0.29) is 5.60 Å². The number of piperidine rings is 1. The predicted molar refractivity (Wildman–Crippen MR) is 69.2 cm³/mol. The maximum Gasteiger partial charge on any atom is 0.104 e. The summed E-state index contributed by atoms with van der Waals surface area (Å²) in [6.07, 6.45) is 3.74.